The van der Waals surface area contributed by atoms with Crippen LogP contribution < -0.4 is 0 Å². The Labute approximate surface area is 128 Å². The zero-order chi connectivity index (χ0) is 15.0. The number of methoxy groups -OCH3 is 1. The van der Waals surface area contributed by atoms with Crippen LogP contribution in [0.1, 0.15) is 25.1 Å². The predicted molar refractivity (Wildman–Crippen MR) is 81.6 cm³/mol. The van der Waals surface area contributed by atoms with Gasteiger partial charge in [-0.25, -0.2) is 0 Å². The van der Waals surface area contributed by atoms with Crippen molar-refractivity contribution in [3.8, 4) is 17.1 Å². The molecule has 1 aromatic carbocycles. The van der Waals surface area contributed by atoms with E-state index in [9.17, 15) is 0 Å². The number of hydrogen-bond donors (Lipinski definition) is 0. The zero-order valence-corrected chi connectivity index (χ0v) is 12.4. The summed E-state index contributed by atoms with van der Waals surface area (Å²) < 4.78 is 13.2. The van der Waals surface area contributed by atoms with Gasteiger partial charge in [0, 0.05) is 19.5 Å². The Morgan fingerprint density at radius 3 is 2.59 bits per heavy atom. The van der Waals surface area contributed by atoms with Crippen LogP contribution in [0.4, 0.5) is 0 Å². The van der Waals surface area contributed by atoms with E-state index in [-0.39, 0.29) is 5.60 Å². The topological polar surface area (TPSA) is 53.1 Å². The lowest BCUT2D eigenvalue weighted by Crippen LogP contribution is -2.37. The second-order valence-electron chi connectivity index (χ2n) is 5.58. The Bertz CT molecular complexity index is 767. The lowest BCUT2D eigenvalue weighted by atomic mass is 9.79. The first-order valence-electron chi connectivity index (χ1n) is 7.44. The molecule has 4 rings (SSSR count). The normalized spacial score (nSPS) is 16.4. The van der Waals surface area contributed by atoms with Gasteiger partial charge in [-0.05, 0) is 43.5 Å². The fourth-order valence-electron chi connectivity index (χ4n) is 2.91. The molecule has 0 bridgehead atoms. The van der Waals surface area contributed by atoms with E-state index < -0.39 is 0 Å². The molecule has 5 nitrogen and oxygen atoms in total. The first-order valence-corrected chi connectivity index (χ1v) is 7.44. The van der Waals surface area contributed by atoms with Crippen LogP contribution in [0.2, 0.25) is 0 Å². The minimum absolute atomic E-state index is 0.357. The molecule has 0 unspecified atom stereocenters. The maximum absolute atomic E-state index is 5.62. The summed E-state index contributed by atoms with van der Waals surface area (Å²) in [6, 6.07) is 12.0. The highest BCUT2D eigenvalue weighted by Crippen LogP contribution is 2.43. The maximum Gasteiger partial charge on any atom is 0.260 e. The van der Waals surface area contributed by atoms with Crippen LogP contribution in [-0.4, -0.2) is 21.8 Å². The molecule has 0 saturated heterocycles. The van der Waals surface area contributed by atoms with Crippen molar-refractivity contribution in [3.05, 3.63) is 54.6 Å². The average molecular weight is 295 g/mol. The van der Waals surface area contributed by atoms with E-state index in [1.54, 1.807) is 7.11 Å². The van der Waals surface area contributed by atoms with Gasteiger partial charge in [-0.3, -0.25) is 0 Å². The second-order valence-corrected chi connectivity index (χ2v) is 5.58. The number of nitrogens with zero attached hydrogens (tertiary/aromatic N) is 3. The highest BCUT2D eigenvalue weighted by atomic mass is 16.5. The van der Waals surface area contributed by atoms with Crippen molar-refractivity contribution >= 4 is 0 Å². The molecule has 1 saturated carbocycles. The SMILES string of the molecule is COC1(c2noc(-c3ccccc3-n3cccc3)n2)CCC1. The highest BCUT2D eigenvalue weighted by molar-refractivity contribution is 5.66. The molecule has 112 valence electrons. The Hall–Kier alpha value is -2.40. The van der Waals surface area contributed by atoms with E-state index >= 15 is 0 Å². The van der Waals surface area contributed by atoms with Gasteiger partial charge in [0.05, 0.1) is 11.3 Å². The van der Waals surface area contributed by atoms with Crippen LogP contribution in [0.5, 0.6) is 0 Å². The lowest BCUT2D eigenvalue weighted by molar-refractivity contribution is -0.0858. The smallest absolute Gasteiger partial charge is 0.260 e. The molecule has 3 aromatic rings. The molecule has 0 spiro atoms. The molecule has 1 fully saturated rings. The molecule has 0 N–H and O–H groups in total. The van der Waals surface area contributed by atoms with Crippen LogP contribution in [0.25, 0.3) is 17.1 Å². The number of benzene rings is 1. The van der Waals surface area contributed by atoms with Crippen molar-refractivity contribution in [2.45, 2.75) is 24.9 Å². The first-order chi connectivity index (χ1) is 10.8. The summed E-state index contributed by atoms with van der Waals surface area (Å²) in [5.41, 5.74) is 1.58. The summed E-state index contributed by atoms with van der Waals surface area (Å²) in [4.78, 5) is 4.60. The Kier molecular flexibility index (Phi) is 3.08. The van der Waals surface area contributed by atoms with Crippen molar-refractivity contribution in [1.29, 1.82) is 0 Å². The fourth-order valence-corrected chi connectivity index (χ4v) is 2.91. The highest BCUT2D eigenvalue weighted by Gasteiger charge is 2.43. The molecule has 2 aromatic heterocycles. The van der Waals surface area contributed by atoms with E-state index in [2.05, 4.69) is 10.1 Å². The van der Waals surface area contributed by atoms with Gasteiger partial charge in [-0.15, -0.1) is 0 Å². The van der Waals surface area contributed by atoms with Crippen LogP contribution in [-0.2, 0) is 10.3 Å². The molecule has 5 heteroatoms. The van der Waals surface area contributed by atoms with Crippen LogP contribution in [0.3, 0.4) is 0 Å². The third kappa shape index (κ3) is 1.97. The fraction of sp³-hybridized carbons (Fsp3) is 0.294. The van der Waals surface area contributed by atoms with Gasteiger partial charge < -0.3 is 13.8 Å². The lowest BCUT2D eigenvalue weighted by Gasteiger charge is -2.37. The summed E-state index contributed by atoms with van der Waals surface area (Å²) in [5, 5.41) is 4.16. The summed E-state index contributed by atoms with van der Waals surface area (Å²) in [7, 11) is 1.71. The third-order valence-electron chi connectivity index (χ3n) is 4.40. The van der Waals surface area contributed by atoms with E-state index in [1.807, 2.05) is 53.4 Å². The molecule has 0 radical (unpaired) electrons. The van der Waals surface area contributed by atoms with Crippen LogP contribution in [0.15, 0.2) is 53.3 Å². The molecule has 0 aliphatic heterocycles. The molecule has 0 amide bonds. The molecule has 0 atom stereocenters. The van der Waals surface area contributed by atoms with Gasteiger partial charge >= 0.3 is 0 Å². The summed E-state index contributed by atoms with van der Waals surface area (Å²) in [6.07, 6.45) is 7.03. The monoisotopic (exact) mass is 295 g/mol. The third-order valence-corrected chi connectivity index (χ3v) is 4.40. The maximum atomic E-state index is 5.62. The molecule has 1 aliphatic carbocycles. The number of aromatic nitrogens is 3. The summed E-state index contributed by atoms with van der Waals surface area (Å²) >= 11 is 0. The van der Waals surface area contributed by atoms with Crippen molar-refractivity contribution in [1.82, 2.24) is 14.7 Å². The van der Waals surface area contributed by atoms with Crippen LogP contribution in [0, 0.1) is 0 Å². The van der Waals surface area contributed by atoms with Gasteiger partial charge in [-0.1, -0.05) is 17.3 Å². The summed E-state index contributed by atoms with van der Waals surface area (Å²) in [5.74, 6) is 1.18. The molecule has 1 aliphatic rings. The average Bonchev–Trinajstić information content (AvgIpc) is 3.19. The van der Waals surface area contributed by atoms with Gasteiger partial charge in [0.25, 0.3) is 5.89 Å². The van der Waals surface area contributed by atoms with Gasteiger partial charge in [0.15, 0.2) is 0 Å². The standard InChI is InChI=1S/C17H17N3O2/c1-21-17(9-6-10-17)16-18-15(22-19-16)13-7-2-3-8-14(13)20-11-4-5-12-20/h2-5,7-8,11-12H,6,9-10H2,1H3. The second kappa shape index (κ2) is 5.10. The van der Waals surface area contributed by atoms with E-state index in [0.717, 1.165) is 30.5 Å². The molecule has 22 heavy (non-hydrogen) atoms. The van der Waals surface area contributed by atoms with E-state index in [0.29, 0.717) is 11.7 Å². The number of hydrogen-bond acceptors (Lipinski definition) is 4. The van der Waals surface area contributed by atoms with Gasteiger partial charge in [-0.2, -0.15) is 4.98 Å². The van der Waals surface area contributed by atoms with Crippen molar-refractivity contribution in [2.24, 2.45) is 0 Å². The van der Waals surface area contributed by atoms with Crippen molar-refractivity contribution in [2.75, 3.05) is 7.11 Å². The molecular formula is C17H17N3O2. The Morgan fingerprint density at radius 1 is 1.14 bits per heavy atom. The predicted octanol–water partition coefficient (Wildman–Crippen LogP) is 3.55. The van der Waals surface area contributed by atoms with E-state index in [1.165, 1.54) is 0 Å². The van der Waals surface area contributed by atoms with Gasteiger partial charge in [0.2, 0.25) is 5.82 Å². The Morgan fingerprint density at radius 2 is 1.91 bits per heavy atom. The van der Waals surface area contributed by atoms with Crippen LogP contribution >= 0.6 is 0 Å². The minimum Gasteiger partial charge on any atom is -0.370 e. The Balaban J connectivity index is 1.76. The number of rotatable bonds is 4. The zero-order valence-electron chi connectivity index (χ0n) is 12.4. The number of ether oxygens (including phenoxy) is 1. The van der Waals surface area contributed by atoms with Crippen molar-refractivity contribution in [3.63, 3.8) is 0 Å². The first kappa shape index (κ1) is 13.3. The molecule has 2 heterocycles. The minimum atomic E-state index is -0.357. The van der Waals surface area contributed by atoms with Gasteiger partial charge in [0.1, 0.15) is 5.60 Å². The quantitative estimate of drug-likeness (QED) is 0.738. The summed E-state index contributed by atoms with van der Waals surface area (Å²) in [6.45, 7) is 0. The molecular weight excluding hydrogens is 278 g/mol. The largest absolute Gasteiger partial charge is 0.370 e. The van der Waals surface area contributed by atoms with Crippen molar-refractivity contribution < 1.29 is 9.26 Å². The van der Waals surface area contributed by atoms with E-state index in [4.69, 9.17) is 9.26 Å². The number of para-hydroxylation sites is 1.